The van der Waals surface area contributed by atoms with Crippen LogP contribution in [0.1, 0.15) is 0 Å². The molecule has 3 rings (SSSR count). The Kier molecular flexibility index (Phi) is 1.14. The van der Waals surface area contributed by atoms with Gasteiger partial charge in [0, 0.05) is 6.08 Å². The molecule has 1 fully saturated rings. The van der Waals surface area contributed by atoms with Crippen molar-refractivity contribution < 1.29 is 19.4 Å². The van der Waals surface area contributed by atoms with Gasteiger partial charge >= 0.3 is 5.97 Å². The summed E-state index contributed by atoms with van der Waals surface area (Å²) in [5, 5.41) is 9.06. The maximum Gasteiger partial charge on any atom is 0.362 e. The Balaban J connectivity index is 2.13. The van der Waals surface area contributed by atoms with Gasteiger partial charge in [0.2, 0.25) is 5.91 Å². The molecule has 3 atom stereocenters. The third kappa shape index (κ3) is 0.620. The van der Waals surface area contributed by atoms with E-state index >= 15 is 0 Å². The van der Waals surface area contributed by atoms with Gasteiger partial charge in [-0.2, -0.15) is 0 Å². The molecule has 0 aromatic rings. The van der Waals surface area contributed by atoms with Gasteiger partial charge in [0.1, 0.15) is 6.10 Å². The van der Waals surface area contributed by atoms with Gasteiger partial charge in [-0.3, -0.25) is 9.69 Å². The van der Waals surface area contributed by atoms with Crippen LogP contribution in [0, 0.1) is 0 Å². The Morgan fingerprint density at radius 2 is 2.36 bits per heavy atom. The average Bonchev–Trinajstić information content (AvgIpc) is 2.76. The number of ether oxygens (including phenoxy) is 1. The second-order valence-corrected chi connectivity index (χ2v) is 3.50. The molecule has 0 saturated carbocycles. The van der Waals surface area contributed by atoms with E-state index in [1.54, 1.807) is 12.2 Å². The number of nitrogens with zero attached hydrogens (tertiary/aromatic N) is 1. The molecule has 0 aromatic carbocycles. The molecule has 1 amide bonds. The first-order valence-corrected chi connectivity index (χ1v) is 4.27. The molecular weight excluding hydrogens is 186 g/mol. The zero-order valence-electron chi connectivity index (χ0n) is 7.08. The molecule has 3 heterocycles. The van der Waals surface area contributed by atoms with E-state index in [0.717, 1.165) is 0 Å². The van der Waals surface area contributed by atoms with Crippen LogP contribution in [0.5, 0.6) is 0 Å². The zero-order valence-corrected chi connectivity index (χ0v) is 7.08. The van der Waals surface area contributed by atoms with E-state index in [4.69, 9.17) is 9.84 Å². The van der Waals surface area contributed by atoms with Crippen LogP contribution in [0.3, 0.4) is 0 Å². The maximum atomic E-state index is 11.4. The monoisotopic (exact) mass is 193 g/mol. The summed E-state index contributed by atoms with van der Waals surface area (Å²) in [5.41, 5.74) is -1.56. The maximum absolute atomic E-state index is 11.4. The summed E-state index contributed by atoms with van der Waals surface area (Å²) in [6.45, 7) is 0. The van der Waals surface area contributed by atoms with E-state index in [0.29, 0.717) is 0 Å². The highest BCUT2D eigenvalue weighted by atomic mass is 16.6. The molecule has 14 heavy (non-hydrogen) atoms. The molecule has 2 bridgehead atoms. The molecule has 0 radical (unpaired) electrons. The fourth-order valence-corrected chi connectivity index (χ4v) is 2.19. The van der Waals surface area contributed by atoms with Crippen molar-refractivity contribution in [2.45, 2.75) is 17.9 Å². The van der Waals surface area contributed by atoms with Crippen LogP contribution in [0.2, 0.25) is 0 Å². The first-order chi connectivity index (χ1) is 6.65. The molecule has 3 aliphatic heterocycles. The predicted octanol–water partition coefficient (Wildman–Crippen LogP) is -0.497. The summed E-state index contributed by atoms with van der Waals surface area (Å²) in [7, 11) is 0. The Bertz CT molecular complexity index is 400. The van der Waals surface area contributed by atoms with E-state index in [9.17, 15) is 9.59 Å². The van der Waals surface area contributed by atoms with Crippen LogP contribution < -0.4 is 0 Å². The van der Waals surface area contributed by atoms with Crippen LogP contribution in [-0.4, -0.2) is 39.8 Å². The Labute approximate surface area is 79.3 Å². The molecule has 1 N–H and O–H groups in total. The van der Waals surface area contributed by atoms with Gasteiger partial charge in [0.15, 0.2) is 0 Å². The van der Waals surface area contributed by atoms with Crippen LogP contribution >= 0.6 is 0 Å². The summed E-state index contributed by atoms with van der Waals surface area (Å²) in [4.78, 5) is 23.8. The summed E-state index contributed by atoms with van der Waals surface area (Å²) < 4.78 is 5.30. The van der Waals surface area contributed by atoms with Gasteiger partial charge in [-0.25, -0.2) is 4.79 Å². The highest BCUT2D eigenvalue weighted by Crippen LogP contribution is 2.42. The number of rotatable bonds is 1. The van der Waals surface area contributed by atoms with Crippen molar-refractivity contribution in [1.82, 2.24) is 4.90 Å². The number of amides is 1. The van der Waals surface area contributed by atoms with Crippen molar-refractivity contribution in [1.29, 1.82) is 0 Å². The number of fused-ring (bicyclic) bond motifs is 5. The SMILES string of the molecule is O=C1C=CC2C3C=CC(C(=O)O)(O3)N12. The Morgan fingerprint density at radius 1 is 1.57 bits per heavy atom. The molecule has 3 aliphatic rings. The number of carboxylic acid groups (broad SMARTS) is 1. The van der Waals surface area contributed by atoms with E-state index in [1.165, 1.54) is 17.1 Å². The fraction of sp³-hybridized carbons (Fsp3) is 0.333. The Morgan fingerprint density at radius 3 is 3.07 bits per heavy atom. The minimum absolute atomic E-state index is 0.247. The van der Waals surface area contributed by atoms with Gasteiger partial charge in [-0.15, -0.1) is 0 Å². The van der Waals surface area contributed by atoms with Crippen molar-refractivity contribution >= 4 is 11.9 Å². The van der Waals surface area contributed by atoms with Crippen LogP contribution in [0.15, 0.2) is 24.3 Å². The normalized spacial score (nSPS) is 42.3. The molecule has 0 spiro atoms. The van der Waals surface area contributed by atoms with Crippen molar-refractivity contribution in [2.24, 2.45) is 0 Å². The topological polar surface area (TPSA) is 66.8 Å². The first-order valence-electron chi connectivity index (χ1n) is 4.27. The van der Waals surface area contributed by atoms with Crippen LogP contribution in [-0.2, 0) is 14.3 Å². The molecule has 1 saturated heterocycles. The third-order valence-corrected chi connectivity index (χ3v) is 2.80. The second kappa shape index (κ2) is 2.06. The lowest BCUT2D eigenvalue weighted by Gasteiger charge is -2.29. The molecule has 5 nitrogen and oxygen atoms in total. The van der Waals surface area contributed by atoms with Gasteiger partial charge < -0.3 is 9.84 Å². The molecular formula is C9H7NO4. The summed E-state index contributed by atoms with van der Waals surface area (Å²) >= 11 is 0. The molecule has 72 valence electrons. The van der Waals surface area contributed by atoms with Crippen LogP contribution in [0.4, 0.5) is 0 Å². The summed E-state index contributed by atoms with van der Waals surface area (Å²) in [6, 6.07) is -0.247. The third-order valence-electron chi connectivity index (χ3n) is 2.80. The molecule has 0 aromatic heterocycles. The van der Waals surface area contributed by atoms with Gasteiger partial charge in [-0.05, 0) is 6.08 Å². The molecule has 5 heteroatoms. The quantitative estimate of drug-likeness (QED) is 0.570. The minimum atomic E-state index is -1.56. The summed E-state index contributed by atoms with van der Waals surface area (Å²) in [5.74, 6) is -1.44. The largest absolute Gasteiger partial charge is 0.477 e. The minimum Gasteiger partial charge on any atom is -0.477 e. The number of carboxylic acids is 1. The highest BCUT2D eigenvalue weighted by molar-refractivity contribution is 5.97. The molecule has 0 aliphatic carbocycles. The number of hydrogen-bond donors (Lipinski definition) is 1. The lowest BCUT2D eigenvalue weighted by Crippen LogP contribution is -2.53. The number of carbonyl (C=O) groups is 2. The van der Waals surface area contributed by atoms with E-state index in [2.05, 4.69) is 0 Å². The zero-order chi connectivity index (χ0) is 9.92. The fourth-order valence-electron chi connectivity index (χ4n) is 2.19. The average molecular weight is 193 g/mol. The van der Waals surface area contributed by atoms with Gasteiger partial charge in [-0.1, -0.05) is 12.2 Å². The predicted molar refractivity (Wildman–Crippen MR) is 44.2 cm³/mol. The lowest BCUT2D eigenvalue weighted by molar-refractivity contribution is -0.170. The van der Waals surface area contributed by atoms with E-state index in [-0.39, 0.29) is 18.1 Å². The van der Waals surface area contributed by atoms with Crippen molar-refractivity contribution in [3.8, 4) is 0 Å². The smallest absolute Gasteiger partial charge is 0.362 e. The highest BCUT2D eigenvalue weighted by Gasteiger charge is 2.61. The van der Waals surface area contributed by atoms with Crippen molar-refractivity contribution in [2.75, 3.05) is 0 Å². The van der Waals surface area contributed by atoms with Crippen molar-refractivity contribution in [3.63, 3.8) is 0 Å². The van der Waals surface area contributed by atoms with E-state index in [1.807, 2.05) is 0 Å². The van der Waals surface area contributed by atoms with E-state index < -0.39 is 11.7 Å². The number of hydrogen-bond acceptors (Lipinski definition) is 3. The van der Waals surface area contributed by atoms with Crippen molar-refractivity contribution in [3.05, 3.63) is 24.3 Å². The number of aliphatic carboxylic acids is 1. The summed E-state index contributed by atoms with van der Waals surface area (Å²) in [6.07, 6.45) is 5.89. The van der Waals surface area contributed by atoms with Gasteiger partial charge in [0.05, 0.1) is 6.04 Å². The number of carbonyl (C=O) groups excluding carboxylic acids is 1. The van der Waals surface area contributed by atoms with Gasteiger partial charge in [0.25, 0.3) is 5.72 Å². The standard InChI is InChI=1S/C9H7NO4/c11-7-2-1-5-6-3-4-9(14-6,8(12)13)10(5)7/h1-6H,(H,12,13). The molecule has 3 unspecified atom stereocenters. The Hall–Kier alpha value is -1.62. The second-order valence-electron chi connectivity index (χ2n) is 3.50. The first kappa shape index (κ1) is 7.75. The lowest BCUT2D eigenvalue weighted by atomic mass is 10.1. The van der Waals surface area contributed by atoms with Crippen LogP contribution in [0.25, 0.3) is 0 Å².